The number of fused-ring (bicyclic) bond motifs is 1. The highest BCUT2D eigenvalue weighted by Gasteiger charge is 2.07. The van der Waals surface area contributed by atoms with Gasteiger partial charge in [-0.2, -0.15) is 0 Å². The van der Waals surface area contributed by atoms with E-state index in [1.165, 1.54) is 0 Å². The minimum absolute atomic E-state index is 0.342. The van der Waals surface area contributed by atoms with Gasteiger partial charge in [0.15, 0.2) is 5.11 Å². The van der Waals surface area contributed by atoms with E-state index in [1.807, 2.05) is 48.5 Å². The minimum atomic E-state index is -0.342. The van der Waals surface area contributed by atoms with Gasteiger partial charge in [0, 0.05) is 18.1 Å². The molecule has 3 aromatic rings. The van der Waals surface area contributed by atoms with Crippen LogP contribution in [0.4, 0.5) is 5.69 Å². The number of anilines is 1. The maximum Gasteiger partial charge on any atom is 0.344 e. The third-order valence-corrected chi connectivity index (χ3v) is 3.63. The van der Waals surface area contributed by atoms with Crippen LogP contribution in [0, 0.1) is 0 Å². The van der Waals surface area contributed by atoms with Crippen molar-refractivity contribution in [3.05, 3.63) is 65.0 Å². The number of benzene rings is 2. The second kappa shape index (κ2) is 5.99. The van der Waals surface area contributed by atoms with Crippen LogP contribution in [0.2, 0.25) is 0 Å². The van der Waals surface area contributed by atoms with Gasteiger partial charge in [-0.25, -0.2) is 4.79 Å². The van der Waals surface area contributed by atoms with Gasteiger partial charge in [0.05, 0.1) is 5.56 Å². The zero-order valence-electron chi connectivity index (χ0n) is 11.9. The lowest BCUT2D eigenvalue weighted by Gasteiger charge is -2.08. The van der Waals surface area contributed by atoms with Crippen molar-refractivity contribution in [3.8, 4) is 11.1 Å². The van der Waals surface area contributed by atoms with E-state index in [0.717, 1.165) is 16.6 Å². The number of thiocarbonyl (C=S) groups is 1. The van der Waals surface area contributed by atoms with E-state index in [9.17, 15) is 4.79 Å². The Labute approximate surface area is 132 Å². The van der Waals surface area contributed by atoms with Crippen molar-refractivity contribution in [1.29, 1.82) is 0 Å². The average molecular weight is 310 g/mol. The van der Waals surface area contributed by atoms with Crippen molar-refractivity contribution in [1.82, 2.24) is 5.32 Å². The number of rotatable bonds is 2. The maximum atomic E-state index is 12.1. The normalized spacial score (nSPS) is 10.4. The molecule has 2 N–H and O–H groups in total. The molecule has 0 radical (unpaired) electrons. The molecule has 0 saturated heterocycles. The highest BCUT2D eigenvalue weighted by Crippen LogP contribution is 2.22. The van der Waals surface area contributed by atoms with Crippen LogP contribution in [0.5, 0.6) is 0 Å². The van der Waals surface area contributed by atoms with Gasteiger partial charge < -0.3 is 15.1 Å². The summed E-state index contributed by atoms with van der Waals surface area (Å²) in [5, 5.41) is 7.32. The molecule has 0 amide bonds. The SMILES string of the molecule is CNC(=S)Nc1ccc(-c2cc3ccccc3oc2=O)cc1. The van der Waals surface area contributed by atoms with Gasteiger partial charge in [0.2, 0.25) is 0 Å². The van der Waals surface area contributed by atoms with Crippen molar-refractivity contribution in [3.63, 3.8) is 0 Å². The molecule has 110 valence electrons. The largest absolute Gasteiger partial charge is 0.422 e. The second-order valence-electron chi connectivity index (χ2n) is 4.77. The standard InChI is InChI=1S/C17H14N2O2S/c1-18-17(22)19-13-8-6-11(7-9-13)14-10-12-4-2-3-5-15(12)21-16(14)20/h2-10H,1H3,(H2,18,19,22). The van der Waals surface area contributed by atoms with Gasteiger partial charge in [-0.05, 0) is 42.0 Å². The van der Waals surface area contributed by atoms with E-state index in [-0.39, 0.29) is 5.63 Å². The lowest BCUT2D eigenvalue weighted by Crippen LogP contribution is -2.23. The van der Waals surface area contributed by atoms with Crippen LogP contribution in [-0.2, 0) is 0 Å². The van der Waals surface area contributed by atoms with Gasteiger partial charge in [0.1, 0.15) is 5.58 Å². The van der Waals surface area contributed by atoms with Crippen LogP contribution in [0.25, 0.3) is 22.1 Å². The molecule has 0 aliphatic rings. The van der Waals surface area contributed by atoms with Crippen molar-refractivity contribution >= 4 is 34.0 Å². The van der Waals surface area contributed by atoms with E-state index in [0.29, 0.717) is 16.3 Å². The van der Waals surface area contributed by atoms with Gasteiger partial charge in [-0.1, -0.05) is 30.3 Å². The average Bonchev–Trinajstić information content (AvgIpc) is 2.55. The first kappa shape index (κ1) is 14.3. The van der Waals surface area contributed by atoms with Crippen LogP contribution in [-0.4, -0.2) is 12.2 Å². The van der Waals surface area contributed by atoms with E-state index in [4.69, 9.17) is 16.6 Å². The Bertz CT molecular complexity index is 885. The molecule has 0 aliphatic carbocycles. The van der Waals surface area contributed by atoms with E-state index >= 15 is 0 Å². The Morgan fingerprint density at radius 2 is 1.82 bits per heavy atom. The highest BCUT2D eigenvalue weighted by molar-refractivity contribution is 7.80. The molecular formula is C17H14N2O2S. The van der Waals surface area contributed by atoms with Crippen LogP contribution in [0.15, 0.2) is 63.8 Å². The third kappa shape index (κ3) is 2.84. The lowest BCUT2D eigenvalue weighted by atomic mass is 10.1. The molecule has 2 aromatic carbocycles. The van der Waals surface area contributed by atoms with Crippen LogP contribution in [0.3, 0.4) is 0 Å². The molecule has 0 bridgehead atoms. The topological polar surface area (TPSA) is 54.3 Å². The van der Waals surface area contributed by atoms with Crippen LogP contribution >= 0.6 is 12.2 Å². The summed E-state index contributed by atoms with van der Waals surface area (Å²) in [6.07, 6.45) is 0. The summed E-state index contributed by atoms with van der Waals surface area (Å²) in [5.74, 6) is 0. The molecule has 0 fully saturated rings. The summed E-state index contributed by atoms with van der Waals surface area (Å²) in [7, 11) is 1.75. The summed E-state index contributed by atoms with van der Waals surface area (Å²) in [4.78, 5) is 12.1. The summed E-state index contributed by atoms with van der Waals surface area (Å²) < 4.78 is 5.36. The molecule has 4 nitrogen and oxygen atoms in total. The number of nitrogens with one attached hydrogen (secondary N) is 2. The van der Waals surface area contributed by atoms with Crippen molar-refractivity contribution in [2.45, 2.75) is 0 Å². The quantitative estimate of drug-likeness (QED) is 0.561. The first-order valence-corrected chi connectivity index (χ1v) is 7.20. The highest BCUT2D eigenvalue weighted by atomic mass is 32.1. The summed E-state index contributed by atoms with van der Waals surface area (Å²) in [6, 6.07) is 16.8. The fourth-order valence-corrected chi connectivity index (χ4v) is 2.31. The first-order chi connectivity index (χ1) is 10.7. The molecule has 0 unspecified atom stereocenters. The Morgan fingerprint density at radius 3 is 2.55 bits per heavy atom. The molecule has 1 heterocycles. The molecule has 1 aromatic heterocycles. The summed E-state index contributed by atoms with van der Waals surface area (Å²) >= 11 is 5.05. The van der Waals surface area contributed by atoms with Crippen molar-refractivity contribution in [2.75, 3.05) is 12.4 Å². The molecule has 0 atom stereocenters. The van der Waals surface area contributed by atoms with Crippen molar-refractivity contribution in [2.24, 2.45) is 0 Å². The van der Waals surface area contributed by atoms with Crippen molar-refractivity contribution < 1.29 is 4.42 Å². The minimum Gasteiger partial charge on any atom is -0.422 e. The molecule has 3 rings (SSSR count). The van der Waals surface area contributed by atoms with E-state index in [2.05, 4.69) is 10.6 Å². The predicted molar refractivity (Wildman–Crippen MR) is 93.2 cm³/mol. The molecule has 0 saturated carbocycles. The maximum absolute atomic E-state index is 12.1. The Balaban J connectivity index is 1.99. The van der Waals surface area contributed by atoms with Gasteiger partial charge in [0.25, 0.3) is 0 Å². The number of hydrogen-bond donors (Lipinski definition) is 2. The Morgan fingerprint density at radius 1 is 1.09 bits per heavy atom. The summed E-state index contributed by atoms with van der Waals surface area (Å²) in [5.41, 5.74) is 2.45. The molecule has 22 heavy (non-hydrogen) atoms. The predicted octanol–water partition coefficient (Wildman–Crippen LogP) is 3.38. The second-order valence-corrected chi connectivity index (χ2v) is 5.18. The van der Waals surface area contributed by atoms with Gasteiger partial charge in [-0.15, -0.1) is 0 Å². The first-order valence-electron chi connectivity index (χ1n) is 6.79. The zero-order valence-corrected chi connectivity index (χ0v) is 12.7. The molecular weight excluding hydrogens is 296 g/mol. The Kier molecular flexibility index (Phi) is 3.89. The van der Waals surface area contributed by atoms with E-state index in [1.54, 1.807) is 13.1 Å². The third-order valence-electron chi connectivity index (χ3n) is 3.32. The smallest absolute Gasteiger partial charge is 0.344 e. The van der Waals surface area contributed by atoms with Crippen LogP contribution < -0.4 is 16.3 Å². The molecule has 0 spiro atoms. The molecule has 0 aliphatic heterocycles. The van der Waals surface area contributed by atoms with Gasteiger partial charge in [-0.3, -0.25) is 0 Å². The fraction of sp³-hybridized carbons (Fsp3) is 0.0588. The summed E-state index contributed by atoms with van der Waals surface area (Å²) in [6.45, 7) is 0. The fourth-order valence-electron chi connectivity index (χ4n) is 2.19. The lowest BCUT2D eigenvalue weighted by molar-refractivity contribution is 0.563. The van der Waals surface area contributed by atoms with E-state index < -0.39 is 0 Å². The monoisotopic (exact) mass is 310 g/mol. The molecule has 5 heteroatoms. The number of para-hydroxylation sites is 1. The van der Waals surface area contributed by atoms with Crippen LogP contribution in [0.1, 0.15) is 0 Å². The Hall–Kier alpha value is -2.66. The zero-order chi connectivity index (χ0) is 15.5. The number of hydrogen-bond acceptors (Lipinski definition) is 3. The van der Waals surface area contributed by atoms with Gasteiger partial charge >= 0.3 is 5.63 Å².